The summed E-state index contributed by atoms with van der Waals surface area (Å²) >= 11 is 0. The number of nitrogens with zero attached hydrogens (tertiary/aromatic N) is 4. The molecule has 0 aromatic heterocycles. The molecule has 0 bridgehead atoms. The minimum atomic E-state index is -1.42. The number of nitrogens with one attached hydrogen (secondary N) is 2. The van der Waals surface area contributed by atoms with Gasteiger partial charge in [0.15, 0.2) is 29.2 Å². The Labute approximate surface area is 385 Å². The molecule has 4 aliphatic heterocycles. The Kier molecular flexibility index (Phi) is 14.8. The van der Waals surface area contributed by atoms with Crippen LogP contribution in [0.5, 0.6) is 23.0 Å². The van der Waals surface area contributed by atoms with Gasteiger partial charge in [-0.1, -0.05) is 45.1 Å². The second-order valence-corrected chi connectivity index (χ2v) is 17.8. The predicted octanol–water partition coefficient (Wildman–Crippen LogP) is 6.63. The highest BCUT2D eigenvalue weighted by Crippen LogP contribution is 2.43. The summed E-state index contributed by atoms with van der Waals surface area (Å²) in [5, 5.41) is 17.3. The molecule has 352 valence electrons. The average Bonchev–Trinajstić information content (AvgIpc) is 3.83. The largest absolute Gasteiger partial charge is 0.493 e. The number of carbonyl (C=O) groups excluding carboxylic acids is 5. The van der Waals surface area contributed by atoms with E-state index in [1.807, 2.05) is 20.8 Å². The van der Waals surface area contributed by atoms with Gasteiger partial charge in [-0.15, -0.1) is 0 Å². The minimum Gasteiger partial charge on any atom is -0.493 e. The number of anilines is 2. The van der Waals surface area contributed by atoms with Crippen LogP contribution in [0.3, 0.4) is 0 Å². The van der Waals surface area contributed by atoms with Crippen molar-refractivity contribution in [2.24, 2.45) is 16.8 Å². The molecule has 2 fully saturated rings. The summed E-state index contributed by atoms with van der Waals surface area (Å²) in [6.07, 6.45) is 3.02. The van der Waals surface area contributed by atoms with Crippen molar-refractivity contribution < 1.29 is 52.8 Å². The summed E-state index contributed by atoms with van der Waals surface area (Å²) in [5.74, 6) is 0.707. The maximum Gasteiger partial charge on any atom is 0.416 e. The Bertz CT molecular complexity index is 2370. The van der Waals surface area contributed by atoms with Crippen molar-refractivity contribution in [1.82, 2.24) is 15.1 Å². The van der Waals surface area contributed by atoms with E-state index in [0.29, 0.717) is 91.6 Å². The van der Waals surface area contributed by atoms with Crippen LogP contribution in [0.1, 0.15) is 92.5 Å². The third-order valence-corrected chi connectivity index (χ3v) is 12.1. The van der Waals surface area contributed by atoms with Gasteiger partial charge in [-0.2, -0.15) is 0 Å². The summed E-state index contributed by atoms with van der Waals surface area (Å²) in [6, 6.07) is 11.6. The number of hydrogen-bond donors (Lipinski definition) is 3. The van der Waals surface area contributed by atoms with Gasteiger partial charge in [0, 0.05) is 43.5 Å². The molecule has 17 nitrogen and oxygen atoms in total. The predicted molar refractivity (Wildman–Crippen MR) is 247 cm³/mol. The molecule has 0 saturated carbocycles. The van der Waals surface area contributed by atoms with Gasteiger partial charge in [0.1, 0.15) is 12.6 Å². The van der Waals surface area contributed by atoms with E-state index in [2.05, 4.69) is 22.2 Å². The monoisotopic (exact) mass is 908 g/mol. The lowest BCUT2D eigenvalue weighted by Crippen LogP contribution is -2.50. The molecule has 5 amide bonds. The molecule has 0 spiro atoms. The lowest BCUT2D eigenvalue weighted by Gasteiger charge is -2.31. The Hall–Kier alpha value is -6.62. The molecule has 0 aliphatic carbocycles. The molecular weight excluding hydrogens is 849 g/mol. The van der Waals surface area contributed by atoms with Gasteiger partial charge in [0.25, 0.3) is 11.8 Å². The Morgan fingerprint density at radius 2 is 1.53 bits per heavy atom. The molecule has 4 heterocycles. The van der Waals surface area contributed by atoms with E-state index in [1.165, 1.54) is 26.4 Å². The maximum atomic E-state index is 14.1. The van der Waals surface area contributed by atoms with Crippen molar-refractivity contribution in [3.05, 3.63) is 77.4 Å². The first-order valence-electron chi connectivity index (χ1n) is 22.5. The Morgan fingerprint density at radius 1 is 0.879 bits per heavy atom. The molecule has 5 unspecified atom stereocenters. The molecular formula is C49H60N6O11. The lowest BCUT2D eigenvalue weighted by molar-refractivity contribution is -0.126. The fourth-order valence-corrected chi connectivity index (χ4v) is 8.71. The average molecular weight is 909 g/mol. The SMILES string of the molecule is C=C1CC2C=Nc3cc(OCCCCCOc4cc5c(cc4OC)C(=O)N4CC(C)CC4C(O)N5C(=O)OCc4ccc(NC(=O)C(C)NC(=O)CC(C)C)cc4)c(OC)cc3C(=O)N2C1. The second-order valence-electron chi connectivity index (χ2n) is 17.8. The van der Waals surface area contributed by atoms with Crippen molar-refractivity contribution in [2.75, 3.05) is 50.7 Å². The zero-order valence-corrected chi connectivity index (χ0v) is 38.5. The standard InChI is InChI=1S/C49H60N6O11/c1-28(2)17-44(56)51-31(5)45(57)52-33-13-11-32(12-14-33)27-66-49(61)55-38-23-43(41(63-7)21-36(38)47(59)54-26-30(4)19-39(54)48(55)60)65-16-10-8-9-15-64-42-22-37-35(20-40(42)62-6)46(58)53-25-29(3)18-34(53)24-50-37/h11-14,20-24,28,30-31,34,39,48,60H,3,8-10,15-19,25-27H2,1-2,4-7H3,(H,51,56)(H,52,57). The summed E-state index contributed by atoms with van der Waals surface area (Å²) in [5.41, 5.74) is 3.36. The highest BCUT2D eigenvalue weighted by Gasteiger charge is 2.47. The van der Waals surface area contributed by atoms with Crippen LogP contribution >= 0.6 is 0 Å². The summed E-state index contributed by atoms with van der Waals surface area (Å²) in [4.78, 5) is 75.4. The number of fused-ring (bicyclic) bond motifs is 4. The van der Waals surface area contributed by atoms with E-state index in [0.717, 1.165) is 16.9 Å². The van der Waals surface area contributed by atoms with Crippen LogP contribution in [0.2, 0.25) is 0 Å². The maximum absolute atomic E-state index is 14.1. The van der Waals surface area contributed by atoms with Crippen molar-refractivity contribution in [3.63, 3.8) is 0 Å². The summed E-state index contributed by atoms with van der Waals surface area (Å²) in [7, 11) is 3.00. The summed E-state index contributed by atoms with van der Waals surface area (Å²) < 4.78 is 29.4. The van der Waals surface area contributed by atoms with Gasteiger partial charge in [0.05, 0.1) is 62.0 Å². The number of unbranched alkanes of at least 4 members (excludes halogenated alkanes) is 2. The first kappa shape index (κ1) is 47.3. The first-order valence-corrected chi connectivity index (χ1v) is 22.5. The number of aliphatic imine (C=N–C) groups is 1. The molecule has 5 atom stereocenters. The molecule has 0 radical (unpaired) electrons. The van der Waals surface area contributed by atoms with E-state index in [4.69, 9.17) is 23.7 Å². The zero-order chi connectivity index (χ0) is 47.2. The fraction of sp³-hybridized carbons (Fsp3) is 0.469. The van der Waals surface area contributed by atoms with Crippen LogP contribution in [0.25, 0.3) is 0 Å². The Balaban J connectivity index is 0.974. The topological polar surface area (TPSA) is 198 Å². The number of aliphatic hydroxyl groups excluding tert-OH is 1. The second kappa shape index (κ2) is 20.7. The van der Waals surface area contributed by atoms with Crippen molar-refractivity contribution in [2.45, 2.75) is 97.2 Å². The van der Waals surface area contributed by atoms with Crippen LogP contribution in [-0.2, 0) is 20.9 Å². The van der Waals surface area contributed by atoms with Crippen molar-refractivity contribution in [1.29, 1.82) is 0 Å². The Morgan fingerprint density at radius 3 is 2.20 bits per heavy atom. The molecule has 3 aromatic rings. The quantitative estimate of drug-likeness (QED) is 0.0971. The molecule has 7 rings (SSSR count). The van der Waals surface area contributed by atoms with E-state index in [-0.39, 0.29) is 71.7 Å². The van der Waals surface area contributed by atoms with Gasteiger partial charge >= 0.3 is 6.09 Å². The normalized spacial score (nSPS) is 20.1. The highest BCUT2D eigenvalue weighted by atomic mass is 16.6. The number of rotatable bonds is 17. The van der Waals surface area contributed by atoms with E-state index in [1.54, 1.807) is 59.3 Å². The zero-order valence-electron chi connectivity index (χ0n) is 38.5. The summed E-state index contributed by atoms with van der Waals surface area (Å²) in [6.45, 7) is 12.9. The van der Waals surface area contributed by atoms with Crippen LogP contribution in [-0.4, -0.2) is 116 Å². The smallest absolute Gasteiger partial charge is 0.416 e. The van der Waals surface area contributed by atoms with Gasteiger partial charge in [-0.25, -0.2) is 9.69 Å². The number of benzene rings is 3. The number of ether oxygens (including phenoxy) is 5. The van der Waals surface area contributed by atoms with Gasteiger partial charge in [0.2, 0.25) is 11.8 Å². The van der Waals surface area contributed by atoms with Crippen molar-refractivity contribution in [3.8, 4) is 23.0 Å². The van der Waals surface area contributed by atoms with Crippen LogP contribution in [0.4, 0.5) is 21.9 Å². The fourth-order valence-electron chi connectivity index (χ4n) is 8.71. The number of methoxy groups -OCH3 is 2. The van der Waals surface area contributed by atoms with Crippen molar-refractivity contribution >= 4 is 53.0 Å². The van der Waals surface area contributed by atoms with E-state index in [9.17, 15) is 29.1 Å². The number of hydrogen-bond acceptors (Lipinski definition) is 12. The van der Waals surface area contributed by atoms with Crippen LogP contribution < -0.4 is 34.5 Å². The number of aliphatic hydroxyl groups is 1. The molecule has 17 heteroatoms. The lowest BCUT2D eigenvalue weighted by atomic mass is 10.1. The van der Waals surface area contributed by atoms with Gasteiger partial charge in [-0.3, -0.25) is 24.2 Å². The van der Waals surface area contributed by atoms with Gasteiger partial charge in [-0.05, 0) is 80.7 Å². The first-order chi connectivity index (χ1) is 31.6. The molecule has 66 heavy (non-hydrogen) atoms. The highest BCUT2D eigenvalue weighted by molar-refractivity contribution is 6.06. The van der Waals surface area contributed by atoms with Gasteiger partial charge < -0.3 is 49.2 Å². The van der Waals surface area contributed by atoms with Crippen LogP contribution in [0, 0.1) is 11.8 Å². The third kappa shape index (κ3) is 10.6. The molecule has 4 aliphatic rings. The minimum absolute atomic E-state index is 0.0882. The molecule has 2 saturated heterocycles. The molecule has 3 aromatic carbocycles. The molecule has 3 N–H and O–H groups in total. The number of amides is 5. The van der Waals surface area contributed by atoms with E-state index >= 15 is 0 Å². The van der Waals surface area contributed by atoms with E-state index < -0.39 is 24.4 Å². The number of carbonyl (C=O) groups is 5. The third-order valence-electron chi connectivity index (χ3n) is 12.1. The van der Waals surface area contributed by atoms with Crippen LogP contribution in [0.15, 0.2) is 65.7 Å².